The van der Waals surface area contributed by atoms with Crippen molar-refractivity contribution in [2.75, 3.05) is 5.32 Å². The number of sulfonamides is 1. The van der Waals surface area contributed by atoms with E-state index in [1.165, 1.54) is 24.3 Å². The van der Waals surface area contributed by atoms with E-state index in [9.17, 15) is 13.2 Å². The van der Waals surface area contributed by atoms with Crippen LogP contribution in [0.15, 0.2) is 29.2 Å². The number of thiocarbonyl (C=S) groups is 1. The molecule has 0 fully saturated rings. The number of rotatable bonds is 3. The van der Waals surface area contributed by atoms with Crippen LogP contribution in [0.3, 0.4) is 0 Å². The molecule has 0 saturated carbocycles. The Bertz CT molecular complexity index is 537. The molecule has 0 radical (unpaired) electrons. The zero-order chi connectivity index (χ0) is 13.1. The Balaban J connectivity index is 2.94. The van der Waals surface area contributed by atoms with Crippen LogP contribution in [0.1, 0.15) is 6.92 Å². The van der Waals surface area contributed by atoms with E-state index < -0.39 is 15.9 Å². The van der Waals surface area contributed by atoms with Crippen molar-refractivity contribution in [1.82, 2.24) is 4.72 Å². The maximum Gasteiger partial charge on any atom is 0.264 e. The third kappa shape index (κ3) is 4.00. The highest BCUT2D eigenvalue weighted by Gasteiger charge is 2.14. The molecule has 4 N–H and O–H groups in total. The summed E-state index contributed by atoms with van der Waals surface area (Å²) in [7, 11) is -3.80. The summed E-state index contributed by atoms with van der Waals surface area (Å²) in [6.45, 7) is 1.13. The molecule has 1 amide bonds. The number of nitrogens with one attached hydrogen (secondary N) is 2. The second-order valence-corrected chi connectivity index (χ2v) is 5.30. The van der Waals surface area contributed by atoms with Gasteiger partial charge in [0, 0.05) is 12.6 Å². The highest BCUT2D eigenvalue weighted by Crippen LogP contribution is 2.13. The topological polar surface area (TPSA) is 101 Å². The molecule has 0 aliphatic heterocycles. The average Bonchev–Trinajstić information content (AvgIpc) is 2.15. The van der Waals surface area contributed by atoms with Crippen molar-refractivity contribution in [2.45, 2.75) is 11.8 Å². The standard InChI is InChI=1S/C9H11N3O3S2/c1-6(13)12-17(14,15)8-4-2-7(3-5-8)11-9(10)16/h2-5H,1H3,(H,12,13)(H3,10,11,16). The summed E-state index contributed by atoms with van der Waals surface area (Å²) in [6, 6.07) is 5.67. The van der Waals surface area contributed by atoms with Gasteiger partial charge in [-0.1, -0.05) is 0 Å². The van der Waals surface area contributed by atoms with Gasteiger partial charge in [0.2, 0.25) is 5.91 Å². The molecule has 17 heavy (non-hydrogen) atoms. The zero-order valence-corrected chi connectivity index (χ0v) is 10.6. The van der Waals surface area contributed by atoms with Crippen LogP contribution in [0.4, 0.5) is 5.69 Å². The third-order valence-electron chi connectivity index (χ3n) is 1.71. The van der Waals surface area contributed by atoms with Crippen molar-refractivity contribution in [3.63, 3.8) is 0 Å². The highest BCUT2D eigenvalue weighted by molar-refractivity contribution is 7.90. The lowest BCUT2D eigenvalue weighted by Gasteiger charge is -2.06. The molecular formula is C9H11N3O3S2. The van der Waals surface area contributed by atoms with Crippen LogP contribution >= 0.6 is 12.2 Å². The number of hydrogen-bond acceptors (Lipinski definition) is 4. The number of benzene rings is 1. The molecule has 0 aromatic heterocycles. The van der Waals surface area contributed by atoms with Gasteiger partial charge in [-0.15, -0.1) is 0 Å². The van der Waals surface area contributed by atoms with E-state index in [0.29, 0.717) is 5.69 Å². The lowest BCUT2D eigenvalue weighted by molar-refractivity contribution is -0.117. The van der Waals surface area contributed by atoms with Gasteiger partial charge >= 0.3 is 0 Å². The van der Waals surface area contributed by atoms with Crippen LogP contribution in [-0.4, -0.2) is 19.4 Å². The first-order valence-electron chi connectivity index (χ1n) is 4.51. The van der Waals surface area contributed by atoms with Gasteiger partial charge in [-0.2, -0.15) is 0 Å². The molecule has 92 valence electrons. The van der Waals surface area contributed by atoms with Crippen molar-refractivity contribution < 1.29 is 13.2 Å². The van der Waals surface area contributed by atoms with E-state index in [4.69, 9.17) is 5.73 Å². The van der Waals surface area contributed by atoms with Crippen molar-refractivity contribution >= 4 is 38.9 Å². The maximum absolute atomic E-state index is 11.6. The van der Waals surface area contributed by atoms with Gasteiger partial charge < -0.3 is 11.1 Å². The molecule has 0 aliphatic rings. The van der Waals surface area contributed by atoms with E-state index >= 15 is 0 Å². The number of nitrogens with two attached hydrogens (primary N) is 1. The molecule has 0 spiro atoms. The summed E-state index contributed by atoms with van der Waals surface area (Å²) < 4.78 is 25.0. The molecular weight excluding hydrogens is 262 g/mol. The Hall–Kier alpha value is -1.67. The summed E-state index contributed by atoms with van der Waals surface area (Å²) >= 11 is 4.63. The average molecular weight is 273 g/mol. The van der Waals surface area contributed by atoms with Gasteiger partial charge in [0.15, 0.2) is 5.11 Å². The van der Waals surface area contributed by atoms with Crippen LogP contribution in [-0.2, 0) is 14.8 Å². The van der Waals surface area contributed by atoms with Crippen molar-refractivity contribution in [1.29, 1.82) is 0 Å². The Morgan fingerprint density at radius 1 is 1.29 bits per heavy atom. The molecule has 0 saturated heterocycles. The van der Waals surface area contributed by atoms with Crippen LogP contribution in [0.25, 0.3) is 0 Å². The minimum Gasteiger partial charge on any atom is -0.376 e. The van der Waals surface area contributed by atoms with E-state index in [0.717, 1.165) is 6.92 Å². The fourth-order valence-electron chi connectivity index (χ4n) is 1.11. The van der Waals surface area contributed by atoms with Crippen LogP contribution in [0.2, 0.25) is 0 Å². The lowest BCUT2D eigenvalue weighted by atomic mass is 10.3. The Labute approximate surface area is 104 Å². The predicted molar refractivity (Wildman–Crippen MR) is 67.9 cm³/mol. The van der Waals surface area contributed by atoms with Gasteiger partial charge in [-0.3, -0.25) is 4.79 Å². The first-order chi connectivity index (χ1) is 7.81. The molecule has 0 aliphatic carbocycles. The summed E-state index contributed by atoms with van der Waals surface area (Å²) in [4.78, 5) is 10.7. The van der Waals surface area contributed by atoms with Crippen molar-refractivity contribution in [2.24, 2.45) is 5.73 Å². The fraction of sp³-hybridized carbons (Fsp3) is 0.111. The van der Waals surface area contributed by atoms with Gasteiger partial charge in [-0.25, -0.2) is 13.1 Å². The molecule has 0 bridgehead atoms. The van der Waals surface area contributed by atoms with E-state index in [1.807, 2.05) is 4.72 Å². The SMILES string of the molecule is CC(=O)NS(=O)(=O)c1ccc(NC(N)=S)cc1. The summed E-state index contributed by atoms with van der Waals surface area (Å²) in [5.74, 6) is -0.643. The van der Waals surface area contributed by atoms with Gasteiger partial charge in [-0.05, 0) is 36.5 Å². The lowest BCUT2D eigenvalue weighted by Crippen LogP contribution is -2.28. The molecule has 0 unspecified atom stereocenters. The third-order valence-corrected chi connectivity index (χ3v) is 3.26. The Morgan fingerprint density at radius 2 is 1.82 bits per heavy atom. The zero-order valence-electron chi connectivity index (χ0n) is 8.93. The number of carbonyl (C=O) groups is 1. The molecule has 8 heteroatoms. The molecule has 0 atom stereocenters. The van der Waals surface area contributed by atoms with E-state index in [1.54, 1.807) is 0 Å². The Kier molecular flexibility index (Phi) is 4.02. The molecule has 1 aromatic rings. The first-order valence-corrected chi connectivity index (χ1v) is 6.40. The van der Waals surface area contributed by atoms with Gasteiger partial charge in [0.25, 0.3) is 10.0 Å². The maximum atomic E-state index is 11.6. The highest BCUT2D eigenvalue weighted by atomic mass is 32.2. The number of anilines is 1. The number of hydrogen-bond donors (Lipinski definition) is 3. The number of carbonyl (C=O) groups excluding carboxylic acids is 1. The Morgan fingerprint density at radius 3 is 2.24 bits per heavy atom. The quantitative estimate of drug-likeness (QED) is 0.678. The molecule has 6 nitrogen and oxygen atoms in total. The minimum atomic E-state index is -3.80. The van der Waals surface area contributed by atoms with Crippen molar-refractivity contribution in [3.8, 4) is 0 Å². The first kappa shape index (κ1) is 13.4. The van der Waals surface area contributed by atoms with Gasteiger partial charge in [0.05, 0.1) is 4.90 Å². The largest absolute Gasteiger partial charge is 0.376 e. The second kappa shape index (κ2) is 5.11. The second-order valence-electron chi connectivity index (χ2n) is 3.18. The smallest absolute Gasteiger partial charge is 0.264 e. The van der Waals surface area contributed by atoms with Crippen molar-refractivity contribution in [3.05, 3.63) is 24.3 Å². The summed E-state index contributed by atoms with van der Waals surface area (Å²) in [5, 5.41) is 2.74. The minimum absolute atomic E-state index is 0.0128. The molecule has 1 aromatic carbocycles. The van der Waals surface area contributed by atoms with E-state index in [2.05, 4.69) is 17.5 Å². The van der Waals surface area contributed by atoms with Crippen LogP contribution in [0, 0.1) is 0 Å². The monoisotopic (exact) mass is 273 g/mol. The van der Waals surface area contributed by atoms with Gasteiger partial charge in [0.1, 0.15) is 0 Å². The van der Waals surface area contributed by atoms with Crippen LogP contribution < -0.4 is 15.8 Å². The normalized spacial score (nSPS) is 10.6. The van der Waals surface area contributed by atoms with E-state index in [-0.39, 0.29) is 10.0 Å². The fourth-order valence-corrected chi connectivity index (χ4v) is 2.22. The molecule has 0 heterocycles. The predicted octanol–water partition coefficient (Wildman–Crippen LogP) is 0.167. The summed E-state index contributed by atoms with van der Waals surface area (Å²) in [5.41, 5.74) is 5.83. The number of amides is 1. The van der Waals surface area contributed by atoms with Crippen LogP contribution in [0.5, 0.6) is 0 Å². The molecule has 1 rings (SSSR count). The summed E-state index contributed by atoms with van der Waals surface area (Å²) in [6.07, 6.45) is 0.